The minimum atomic E-state index is 0.369. The Morgan fingerprint density at radius 2 is 1.68 bits per heavy atom. The lowest BCUT2D eigenvalue weighted by atomic mass is 9.79. The maximum absolute atomic E-state index is 4.79. The predicted molar refractivity (Wildman–Crippen MR) is 85.7 cm³/mol. The van der Waals surface area contributed by atoms with E-state index in [2.05, 4.69) is 43.1 Å². The summed E-state index contributed by atoms with van der Waals surface area (Å²) in [7, 11) is 0. The number of aliphatic imine (C=N–C) groups is 1. The van der Waals surface area contributed by atoms with Crippen molar-refractivity contribution in [2.45, 2.75) is 64.7 Å². The van der Waals surface area contributed by atoms with Crippen molar-refractivity contribution in [2.24, 2.45) is 4.99 Å². The molecule has 102 valence electrons. The lowest BCUT2D eigenvalue weighted by Gasteiger charge is -2.26. The van der Waals surface area contributed by atoms with Crippen molar-refractivity contribution in [3.05, 3.63) is 28.8 Å². The minimum absolute atomic E-state index is 0.369. The third-order valence-corrected chi connectivity index (χ3v) is 4.68. The molecule has 1 aromatic rings. The lowest BCUT2D eigenvalue weighted by molar-refractivity contribution is 0.490. The Kier molecular flexibility index (Phi) is 4.54. The fourth-order valence-electron chi connectivity index (χ4n) is 3.28. The maximum atomic E-state index is 4.79. The van der Waals surface area contributed by atoms with Crippen molar-refractivity contribution in [1.82, 2.24) is 0 Å². The van der Waals surface area contributed by atoms with Crippen LogP contribution in [0.15, 0.2) is 17.1 Å². The van der Waals surface area contributed by atoms with Crippen LogP contribution in [0.2, 0.25) is 0 Å². The minimum Gasteiger partial charge on any atom is -0.194 e. The Balaban J connectivity index is 2.56. The number of thiocarbonyl (C=S) groups is 1. The van der Waals surface area contributed by atoms with Crippen LogP contribution in [0.1, 0.15) is 63.1 Å². The summed E-state index contributed by atoms with van der Waals surface area (Å²) < 4.78 is 0. The standard InChI is InChI=1S/C17H23NS/c1-4-13-10-15(17(3)8-6-7-9-17)11-14(5-2)16(13)18-12-19/h10-11H,4-9H2,1-3H3. The topological polar surface area (TPSA) is 12.4 Å². The Labute approximate surface area is 122 Å². The van der Waals surface area contributed by atoms with Gasteiger partial charge in [-0.05, 0) is 60.0 Å². The SMILES string of the molecule is CCc1cc(C2(C)CCCC2)cc(CC)c1N=C=S. The number of isothiocyanates is 1. The van der Waals surface area contributed by atoms with Gasteiger partial charge in [0.2, 0.25) is 0 Å². The molecule has 1 aromatic carbocycles. The van der Waals surface area contributed by atoms with Crippen molar-refractivity contribution >= 4 is 23.1 Å². The van der Waals surface area contributed by atoms with Crippen molar-refractivity contribution in [2.75, 3.05) is 0 Å². The summed E-state index contributed by atoms with van der Waals surface area (Å²) in [6, 6.07) is 4.71. The molecule has 0 aliphatic heterocycles. The van der Waals surface area contributed by atoms with E-state index >= 15 is 0 Å². The lowest BCUT2D eigenvalue weighted by Crippen LogP contribution is -2.17. The van der Waals surface area contributed by atoms with Crippen LogP contribution in [0.25, 0.3) is 0 Å². The van der Waals surface area contributed by atoms with Crippen LogP contribution in [0.3, 0.4) is 0 Å². The van der Waals surface area contributed by atoms with Crippen LogP contribution < -0.4 is 0 Å². The van der Waals surface area contributed by atoms with Crippen molar-refractivity contribution in [3.8, 4) is 0 Å². The Bertz CT molecular complexity index is 481. The smallest absolute Gasteiger partial charge is 0.0803 e. The van der Waals surface area contributed by atoms with Crippen LogP contribution in [0.4, 0.5) is 5.69 Å². The number of rotatable bonds is 4. The van der Waals surface area contributed by atoms with Crippen molar-refractivity contribution < 1.29 is 0 Å². The van der Waals surface area contributed by atoms with Gasteiger partial charge < -0.3 is 0 Å². The zero-order valence-corrected chi connectivity index (χ0v) is 13.1. The molecule has 0 bridgehead atoms. The summed E-state index contributed by atoms with van der Waals surface area (Å²) >= 11 is 4.79. The number of hydrogen-bond acceptors (Lipinski definition) is 2. The molecule has 0 radical (unpaired) electrons. The first kappa shape index (κ1) is 14.4. The average Bonchev–Trinajstić information content (AvgIpc) is 2.87. The number of benzene rings is 1. The van der Waals surface area contributed by atoms with Gasteiger partial charge in [-0.25, -0.2) is 0 Å². The summed E-state index contributed by atoms with van der Waals surface area (Å²) in [5, 5.41) is 2.54. The highest BCUT2D eigenvalue weighted by Crippen LogP contribution is 2.42. The molecule has 1 aliphatic rings. The summed E-state index contributed by atoms with van der Waals surface area (Å²) in [5.41, 5.74) is 5.57. The van der Waals surface area contributed by atoms with Crippen LogP contribution in [-0.4, -0.2) is 5.16 Å². The average molecular weight is 273 g/mol. The summed E-state index contributed by atoms with van der Waals surface area (Å²) in [6.07, 6.45) is 7.36. The van der Waals surface area contributed by atoms with Gasteiger partial charge in [-0.15, -0.1) is 0 Å². The normalized spacial score (nSPS) is 17.2. The molecule has 0 aromatic heterocycles. The highest BCUT2D eigenvalue weighted by molar-refractivity contribution is 7.78. The monoisotopic (exact) mass is 273 g/mol. The molecule has 0 heterocycles. The van der Waals surface area contributed by atoms with Crippen molar-refractivity contribution in [3.63, 3.8) is 0 Å². The fraction of sp³-hybridized carbons (Fsp3) is 0.588. The summed E-state index contributed by atoms with van der Waals surface area (Å²) in [6.45, 7) is 6.80. The zero-order chi connectivity index (χ0) is 13.9. The third-order valence-electron chi connectivity index (χ3n) is 4.59. The molecule has 1 nitrogen and oxygen atoms in total. The molecule has 0 amide bonds. The van der Waals surface area contributed by atoms with Gasteiger partial charge in [0, 0.05) is 0 Å². The summed E-state index contributed by atoms with van der Waals surface area (Å²) in [5.74, 6) is 0. The highest BCUT2D eigenvalue weighted by atomic mass is 32.1. The molecule has 1 fully saturated rings. The molecule has 0 unspecified atom stereocenters. The second-order valence-electron chi connectivity index (χ2n) is 5.82. The van der Waals surface area contributed by atoms with E-state index in [1.807, 2.05) is 0 Å². The van der Waals surface area contributed by atoms with E-state index in [1.165, 1.54) is 42.4 Å². The van der Waals surface area contributed by atoms with Gasteiger partial charge in [0.15, 0.2) is 0 Å². The molecule has 2 rings (SSSR count). The van der Waals surface area contributed by atoms with E-state index in [0.717, 1.165) is 18.5 Å². The van der Waals surface area contributed by atoms with E-state index in [9.17, 15) is 0 Å². The molecule has 0 atom stereocenters. The Morgan fingerprint density at radius 1 is 1.16 bits per heavy atom. The zero-order valence-electron chi connectivity index (χ0n) is 12.3. The second kappa shape index (κ2) is 5.98. The first-order valence-corrected chi connectivity index (χ1v) is 7.79. The predicted octanol–water partition coefficient (Wildman–Crippen LogP) is 5.38. The fourth-order valence-corrected chi connectivity index (χ4v) is 3.37. The molecule has 2 heteroatoms. The number of aryl methyl sites for hydroxylation is 2. The quantitative estimate of drug-likeness (QED) is 0.530. The molecule has 0 saturated heterocycles. The Hall–Kier alpha value is -0.980. The maximum Gasteiger partial charge on any atom is 0.0803 e. The van der Waals surface area contributed by atoms with Crippen LogP contribution in [-0.2, 0) is 18.3 Å². The summed E-state index contributed by atoms with van der Waals surface area (Å²) in [4.78, 5) is 4.30. The van der Waals surface area contributed by atoms with E-state index in [1.54, 1.807) is 0 Å². The molecule has 1 aliphatic carbocycles. The van der Waals surface area contributed by atoms with Gasteiger partial charge in [0.05, 0.1) is 10.8 Å². The van der Waals surface area contributed by atoms with E-state index in [0.29, 0.717) is 5.41 Å². The van der Waals surface area contributed by atoms with Gasteiger partial charge in [-0.2, -0.15) is 4.99 Å². The first-order valence-electron chi connectivity index (χ1n) is 7.38. The third kappa shape index (κ3) is 2.80. The van der Waals surface area contributed by atoms with Gasteiger partial charge >= 0.3 is 0 Å². The molecular formula is C17H23NS. The van der Waals surface area contributed by atoms with Crippen LogP contribution >= 0.6 is 12.2 Å². The molecule has 1 saturated carbocycles. The molecule has 0 spiro atoms. The molecule has 0 N–H and O–H groups in total. The van der Waals surface area contributed by atoms with Gasteiger partial charge in [0.25, 0.3) is 0 Å². The second-order valence-corrected chi connectivity index (χ2v) is 6.00. The van der Waals surface area contributed by atoms with Gasteiger partial charge in [-0.3, -0.25) is 0 Å². The number of hydrogen-bond donors (Lipinski definition) is 0. The van der Waals surface area contributed by atoms with Gasteiger partial charge in [0.1, 0.15) is 0 Å². The first-order chi connectivity index (χ1) is 9.14. The van der Waals surface area contributed by atoms with E-state index in [-0.39, 0.29) is 0 Å². The van der Waals surface area contributed by atoms with Crippen LogP contribution in [0.5, 0.6) is 0 Å². The molecule has 19 heavy (non-hydrogen) atoms. The Morgan fingerprint density at radius 3 is 2.11 bits per heavy atom. The molecular weight excluding hydrogens is 250 g/mol. The largest absolute Gasteiger partial charge is 0.194 e. The van der Waals surface area contributed by atoms with Crippen molar-refractivity contribution in [1.29, 1.82) is 0 Å². The number of nitrogens with zero attached hydrogens (tertiary/aromatic N) is 1. The van der Waals surface area contributed by atoms with Crippen LogP contribution in [0, 0.1) is 0 Å². The van der Waals surface area contributed by atoms with E-state index < -0.39 is 0 Å². The van der Waals surface area contributed by atoms with Gasteiger partial charge in [-0.1, -0.05) is 45.7 Å². The highest BCUT2D eigenvalue weighted by Gasteiger charge is 2.31. The van der Waals surface area contributed by atoms with E-state index in [4.69, 9.17) is 12.2 Å².